The maximum atomic E-state index is 5.89. The highest BCUT2D eigenvalue weighted by Gasteiger charge is 2.30. The van der Waals surface area contributed by atoms with Gasteiger partial charge in [0.2, 0.25) is 0 Å². The van der Waals surface area contributed by atoms with Gasteiger partial charge in [-0.1, -0.05) is 11.6 Å². The molecule has 0 bridgehead atoms. The van der Waals surface area contributed by atoms with Gasteiger partial charge in [-0.3, -0.25) is 0 Å². The highest BCUT2D eigenvalue weighted by molar-refractivity contribution is 7.16. The molecule has 0 aromatic carbocycles. The predicted octanol–water partition coefficient (Wildman–Crippen LogP) is 2.96. The summed E-state index contributed by atoms with van der Waals surface area (Å²) in [5.41, 5.74) is 0. The van der Waals surface area contributed by atoms with Crippen LogP contribution in [0.5, 0.6) is 0 Å². The molecule has 1 aromatic rings. The fourth-order valence-electron chi connectivity index (χ4n) is 1.91. The van der Waals surface area contributed by atoms with Gasteiger partial charge in [-0.15, -0.1) is 11.3 Å². The smallest absolute Gasteiger partial charge is 0.0931 e. The molecule has 1 N–H and O–H groups in total. The minimum atomic E-state index is 0.542. The largest absolute Gasteiger partial charge is 0.383 e. The topological polar surface area (TPSA) is 21.3 Å². The molecule has 1 unspecified atom stereocenters. The van der Waals surface area contributed by atoms with E-state index in [9.17, 15) is 0 Å². The van der Waals surface area contributed by atoms with Crippen molar-refractivity contribution < 1.29 is 4.74 Å². The molecule has 1 saturated carbocycles. The van der Waals surface area contributed by atoms with E-state index in [1.165, 1.54) is 17.7 Å². The van der Waals surface area contributed by atoms with E-state index in [1.54, 1.807) is 18.4 Å². The highest BCUT2D eigenvalue weighted by atomic mass is 35.5. The van der Waals surface area contributed by atoms with Crippen LogP contribution >= 0.6 is 22.9 Å². The molecule has 16 heavy (non-hydrogen) atoms. The van der Waals surface area contributed by atoms with E-state index in [1.807, 2.05) is 6.07 Å². The summed E-state index contributed by atoms with van der Waals surface area (Å²) < 4.78 is 6.11. The van der Waals surface area contributed by atoms with E-state index >= 15 is 0 Å². The Bertz CT molecular complexity index is 325. The van der Waals surface area contributed by atoms with E-state index in [4.69, 9.17) is 16.3 Å². The molecule has 90 valence electrons. The van der Waals surface area contributed by atoms with Crippen molar-refractivity contribution in [2.75, 3.05) is 20.3 Å². The quantitative estimate of drug-likeness (QED) is 0.813. The molecule has 4 heteroatoms. The first-order valence-electron chi connectivity index (χ1n) is 5.76. The lowest BCUT2D eigenvalue weighted by Gasteiger charge is -2.16. The number of nitrogens with one attached hydrogen (secondary N) is 1. The van der Waals surface area contributed by atoms with Crippen molar-refractivity contribution in [3.63, 3.8) is 0 Å². The van der Waals surface area contributed by atoms with E-state index in [2.05, 4.69) is 11.4 Å². The zero-order valence-corrected chi connectivity index (χ0v) is 11.1. The fraction of sp³-hybridized carbons (Fsp3) is 0.667. The Hall–Kier alpha value is -0.0900. The van der Waals surface area contributed by atoms with Crippen LogP contribution in [0.3, 0.4) is 0 Å². The van der Waals surface area contributed by atoms with Crippen LogP contribution in [0.25, 0.3) is 0 Å². The first kappa shape index (κ1) is 12.4. The number of ether oxygens (including phenoxy) is 1. The molecule has 0 radical (unpaired) electrons. The standard InChI is InChI=1S/C12H18ClNOS/c1-15-8-11(9-2-3-9)14-7-6-10-4-5-12(13)16-10/h4-5,9,11,14H,2-3,6-8H2,1H3. The van der Waals surface area contributed by atoms with Crippen molar-refractivity contribution in [2.24, 2.45) is 5.92 Å². The number of hydrogen-bond acceptors (Lipinski definition) is 3. The molecule has 1 atom stereocenters. The summed E-state index contributed by atoms with van der Waals surface area (Å²) in [6, 6.07) is 4.62. The number of hydrogen-bond donors (Lipinski definition) is 1. The molecule has 0 aliphatic heterocycles. The van der Waals surface area contributed by atoms with Crippen LogP contribution in [0, 0.1) is 5.92 Å². The van der Waals surface area contributed by atoms with E-state index in [-0.39, 0.29) is 0 Å². The molecular formula is C12H18ClNOS. The van der Waals surface area contributed by atoms with Crippen LogP contribution < -0.4 is 5.32 Å². The fourth-order valence-corrected chi connectivity index (χ4v) is 2.99. The second-order valence-electron chi connectivity index (χ2n) is 4.31. The SMILES string of the molecule is COCC(NCCc1ccc(Cl)s1)C1CC1. The third kappa shape index (κ3) is 3.74. The van der Waals surface area contributed by atoms with Crippen LogP contribution in [0.15, 0.2) is 12.1 Å². The van der Waals surface area contributed by atoms with Gasteiger partial charge in [0.25, 0.3) is 0 Å². The van der Waals surface area contributed by atoms with Crippen LogP contribution in [-0.2, 0) is 11.2 Å². The Labute approximate surface area is 106 Å². The summed E-state index contributed by atoms with van der Waals surface area (Å²) in [6.07, 6.45) is 3.77. The molecule has 1 heterocycles. The molecule has 0 saturated heterocycles. The zero-order chi connectivity index (χ0) is 11.4. The maximum Gasteiger partial charge on any atom is 0.0931 e. The molecule has 1 aromatic heterocycles. The third-order valence-corrected chi connectivity index (χ3v) is 4.23. The molecule has 2 rings (SSSR count). The van der Waals surface area contributed by atoms with Gasteiger partial charge in [0.1, 0.15) is 0 Å². The van der Waals surface area contributed by atoms with Crippen molar-refractivity contribution in [2.45, 2.75) is 25.3 Å². The molecular weight excluding hydrogens is 242 g/mol. The molecule has 0 amide bonds. The van der Waals surface area contributed by atoms with Gasteiger partial charge in [0.05, 0.1) is 10.9 Å². The Morgan fingerprint density at radius 2 is 2.38 bits per heavy atom. The molecule has 1 aliphatic rings. The summed E-state index contributed by atoms with van der Waals surface area (Å²) in [6.45, 7) is 1.84. The lowest BCUT2D eigenvalue weighted by molar-refractivity contribution is 0.158. The minimum Gasteiger partial charge on any atom is -0.383 e. The summed E-state index contributed by atoms with van der Waals surface area (Å²) in [5, 5.41) is 3.58. The summed E-state index contributed by atoms with van der Waals surface area (Å²) in [5.74, 6) is 0.840. The van der Waals surface area contributed by atoms with E-state index < -0.39 is 0 Å². The number of halogens is 1. The first-order valence-corrected chi connectivity index (χ1v) is 6.95. The molecule has 1 fully saturated rings. The molecule has 2 nitrogen and oxygen atoms in total. The normalized spacial score (nSPS) is 17.6. The maximum absolute atomic E-state index is 5.89. The zero-order valence-electron chi connectivity index (χ0n) is 9.54. The Kier molecular flexibility index (Phi) is 4.65. The van der Waals surface area contributed by atoms with Crippen LogP contribution in [-0.4, -0.2) is 26.3 Å². The van der Waals surface area contributed by atoms with E-state index in [0.717, 1.165) is 29.8 Å². The molecule has 0 spiro atoms. The molecule has 1 aliphatic carbocycles. The van der Waals surface area contributed by atoms with Crippen molar-refractivity contribution >= 4 is 22.9 Å². The van der Waals surface area contributed by atoms with E-state index in [0.29, 0.717) is 6.04 Å². The van der Waals surface area contributed by atoms with Crippen LogP contribution in [0.1, 0.15) is 17.7 Å². The lowest BCUT2D eigenvalue weighted by Crippen LogP contribution is -2.36. The van der Waals surface area contributed by atoms with Gasteiger partial charge in [-0.25, -0.2) is 0 Å². The number of thiophene rings is 1. The van der Waals surface area contributed by atoms with Crippen molar-refractivity contribution in [3.8, 4) is 0 Å². The highest BCUT2D eigenvalue weighted by Crippen LogP contribution is 2.32. The van der Waals surface area contributed by atoms with Crippen molar-refractivity contribution in [3.05, 3.63) is 21.3 Å². The van der Waals surface area contributed by atoms with Gasteiger partial charge < -0.3 is 10.1 Å². The average molecular weight is 260 g/mol. The van der Waals surface area contributed by atoms with Crippen molar-refractivity contribution in [1.82, 2.24) is 5.32 Å². The number of methoxy groups -OCH3 is 1. The summed E-state index contributed by atoms with van der Waals surface area (Å²) in [4.78, 5) is 1.35. The summed E-state index contributed by atoms with van der Waals surface area (Å²) >= 11 is 7.56. The van der Waals surface area contributed by atoms with Crippen molar-refractivity contribution in [1.29, 1.82) is 0 Å². The van der Waals surface area contributed by atoms with Gasteiger partial charge in [-0.05, 0) is 37.3 Å². The third-order valence-electron chi connectivity index (χ3n) is 2.94. The van der Waals surface area contributed by atoms with Gasteiger partial charge in [0.15, 0.2) is 0 Å². The second-order valence-corrected chi connectivity index (χ2v) is 6.11. The second kappa shape index (κ2) is 6.01. The van der Waals surface area contributed by atoms with Gasteiger partial charge in [0, 0.05) is 24.6 Å². The Morgan fingerprint density at radius 1 is 1.56 bits per heavy atom. The summed E-state index contributed by atoms with van der Waals surface area (Å²) in [7, 11) is 1.77. The first-order chi connectivity index (χ1) is 7.79. The van der Waals surface area contributed by atoms with Crippen LogP contribution in [0.2, 0.25) is 4.34 Å². The Balaban J connectivity index is 1.69. The minimum absolute atomic E-state index is 0.542. The lowest BCUT2D eigenvalue weighted by atomic mass is 10.2. The van der Waals surface area contributed by atoms with Crippen LogP contribution in [0.4, 0.5) is 0 Å². The predicted molar refractivity (Wildman–Crippen MR) is 69.4 cm³/mol. The Morgan fingerprint density at radius 3 is 2.94 bits per heavy atom. The number of rotatable bonds is 7. The average Bonchev–Trinajstić information content (AvgIpc) is 3.02. The monoisotopic (exact) mass is 259 g/mol. The van der Waals surface area contributed by atoms with Gasteiger partial charge in [-0.2, -0.15) is 0 Å². The van der Waals surface area contributed by atoms with Gasteiger partial charge >= 0.3 is 0 Å².